The SMILES string of the molecule is CCC(NC(=O)C1CCN(S(=O)(=O)c2cccs2)CC1)c1ccc(C)cc1. The molecule has 2 aromatic rings. The summed E-state index contributed by atoms with van der Waals surface area (Å²) in [6, 6.07) is 11.6. The molecule has 1 N–H and O–H groups in total. The molecule has 27 heavy (non-hydrogen) atoms. The van der Waals surface area contributed by atoms with Crippen LogP contribution in [0.2, 0.25) is 0 Å². The molecule has 1 atom stereocenters. The Morgan fingerprint density at radius 1 is 1.22 bits per heavy atom. The van der Waals surface area contributed by atoms with Crippen LogP contribution in [0.15, 0.2) is 46.0 Å². The molecule has 3 rings (SSSR count). The molecule has 1 aliphatic heterocycles. The van der Waals surface area contributed by atoms with Crippen molar-refractivity contribution < 1.29 is 13.2 Å². The van der Waals surface area contributed by atoms with Crippen LogP contribution in [0.5, 0.6) is 0 Å². The number of hydrogen-bond acceptors (Lipinski definition) is 4. The van der Waals surface area contributed by atoms with E-state index >= 15 is 0 Å². The van der Waals surface area contributed by atoms with E-state index in [1.54, 1.807) is 17.5 Å². The number of thiophene rings is 1. The molecule has 1 fully saturated rings. The van der Waals surface area contributed by atoms with Crippen molar-refractivity contribution in [3.63, 3.8) is 0 Å². The maximum Gasteiger partial charge on any atom is 0.252 e. The van der Waals surface area contributed by atoms with Gasteiger partial charge >= 0.3 is 0 Å². The van der Waals surface area contributed by atoms with Gasteiger partial charge in [-0.05, 0) is 43.2 Å². The molecule has 0 bridgehead atoms. The van der Waals surface area contributed by atoms with E-state index < -0.39 is 10.0 Å². The zero-order valence-electron chi connectivity index (χ0n) is 15.7. The molecular formula is C20H26N2O3S2. The summed E-state index contributed by atoms with van der Waals surface area (Å²) >= 11 is 1.23. The number of nitrogens with one attached hydrogen (secondary N) is 1. The van der Waals surface area contributed by atoms with Gasteiger partial charge in [-0.15, -0.1) is 11.3 Å². The van der Waals surface area contributed by atoms with Gasteiger partial charge in [0.1, 0.15) is 4.21 Å². The average Bonchev–Trinajstić information content (AvgIpc) is 3.22. The standard InChI is InChI=1S/C20H26N2O3S2/c1-3-18(16-8-6-15(2)7-9-16)21-20(23)17-10-12-22(13-11-17)27(24,25)19-5-4-14-26-19/h4-9,14,17-18H,3,10-13H2,1-2H3,(H,21,23). The lowest BCUT2D eigenvalue weighted by Crippen LogP contribution is -2.43. The van der Waals surface area contributed by atoms with E-state index in [1.165, 1.54) is 21.2 Å². The van der Waals surface area contributed by atoms with Gasteiger partial charge < -0.3 is 5.32 Å². The van der Waals surface area contributed by atoms with E-state index in [4.69, 9.17) is 0 Å². The summed E-state index contributed by atoms with van der Waals surface area (Å²) < 4.78 is 27.1. The number of carbonyl (C=O) groups is 1. The molecule has 0 saturated carbocycles. The van der Waals surface area contributed by atoms with Crippen molar-refractivity contribution in [1.29, 1.82) is 0 Å². The van der Waals surface area contributed by atoms with Crippen LogP contribution >= 0.6 is 11.3 Å². The van der Waals surface area contributed by atoms with Crippen LogP contribution in [-0.2, 0) is 14.8 Å². The van der Waals surface area contributed by atoms with Crippen molar-refractivity contribution in [3.8, 4) is 0 Å². The smallest absolute Gasteiger partial charge is 0.252 e. The molecule has 1 saturated heterocycles. The van der Waals surface area contributed by atoms with Crippen molar-refractivity contribution in [2.45, 2.75) is 43.4 Å². The first-order chi connectivity index (χ1) is 12.9. The van der Waals surface area contributed by atoms with Crippen LogP contribution in [-0.4, -0.2) is 31.7 Å². The minimum atomic E-state index is -3.42. The molecule has 1 aromatic carbocycles. The first-order valence-corrected chi connectivity index (χ1v) is 11.6. The first kappa shape index (κ1) is 20.0. The van der Waals surface area contributed by atoms with E-state index in [0.29, 0.717) is 30.1 Å². The van der Waals surface area contributed by atoms with Gasteiger partial charge in [-0.3, -0.25) is 4.79 Å². The fourth-order valence-corrected chi connectivity index (χ4v) is 6.02. The van der Waals surface area contributed by atoms with Gasteiger partial charge in [-0.1, -0.05) is 42.8 Å². The van der Waals surface area contributed by atoms with Gasteiger partial charge in [0.15, 0.2) is 0 Å². The highest BCUT2D eigenvalue weighted by molar-refractivity contribution is 7.91. The Morgan fingerprint density at radius 2 is 1.89 bits per heavy atom. The van der Waals surface area contributed by atoms with Crippen molar-refractivity contribution >= 4 is 27.3 Å². The summed E-state index contributed by atoms with van der Waals surface area (Å²) in [6.45, 7) is 4.88. The lowest BCUT2D eigenvalue weighted by Gasteiger charge is -2.31. The zero-order valence-corrected chi connectivity index (χ0v) is 17.4. The molecule has 1 aromatic heterocycles. The molecule has 0 aliphatic carbocycles. The van der Waals surface area contributed by atoms with Crippen LogP contribution < -0.4 is 5.32 Å². The van der Waals surface area contributed by atoms with Crippen molar-refractivity contribution in [2.75, 3.05) is 13.1 Å². The van der Waals surface area contributed by atoms with E-state index in [0.717, 1.165) is 12.0 Å². The number of rotatable bonds is 6. The highest BCUT2D eigenvalue weighted by Gasteiger charge is 2.33. The molecule has 146 valence electrons. The highest BCUT2D eigenvalue weighted by Crippen LogP contribution is 2.27. The van der Waals surface area contributed by atoms with Gasteiger partial charge in [0.05, 0.1) is 6.04 Å². The Labute approximate surface area is 165 Å². The van der Waals surface area contributed by atoms with Crippen LogP contribution in [0.4, 0.5) is 0 Å². The molecule has 1 unspecified atom stereocenters. The van der Waals surface area contributed by atoms with Gasteiger partial charge in [-0.2, -0.15) is 4.31 Å². The molecule has 2 heterocycles. The summed E-state index contributed by atoms with van der Waals surface area (Å²) in [7, 11) is -3.42. The number of benzene rings is 1. The molecule has 0 radical (unpaired) electrons. The van der Waals surface area contributed by atoms with Crippen molar-refractivity contribution in [2.24, 2.45) is 5.92 Å². The summed E-state index contributed by atoms with van der Waals surface area (Å²) in [6.07, 6.45) is 1.93. The van der Waals surface area contributed by atoms with Gasteiger partial charge in [-0.25, -0.2) is 8.42 Å². The minimum absolute atomic E-state index is 0.00835. The summed E-state index contributed by atoms with van der Waals surface area (Å²) in [5, 5.41) is 4.92. The van der Waals surface area contributed by atoms with E-state index in [1.807, 2.05) is 6.92 Å². The largest absolute Gasteiger partial charge is 0.349 e. The third-order valence-electron chi connectivity index (χ3n) is 5.12. The third-order valence-corrected chi connectivity index (χ3v) is 8.39. The molecule has 0 spiro atoms. The highest BCUT2D eigenvalue weighted by atomic mass is 32.2. The maximum absolute atomic E-state index is 12.7. The number of hydrogen-bond donors (Lipinski definition) is 1. The predicted molar refractivity (Wildman–Crippen MR) is 108 cm³/mol. The first-order valence-electron chi connectivity index (χ1n) is 9.32. The number of piperidine rings is 1. The lowest BCUT2D eigenvalue weighted by atomic mass is 9.95. The van der Waals surface area contributed by atoms with Gasteiger partial charge in [0.25, 0.3) is 10.0 Å². The quantitative estimate of drug-likeness (QED) is 0.795. The molecular weight excluding hydrogens is 380 g/mol. The molecule has 1 aliphatic rings. The second kappa shape index (κ2) is 8.54. The van der Waals surface area contributed by atoms with Crippen molar-refractivity contribution in [3.05, 3.63) is 52.9 Å². The van der Waals surface area contributed by atoms with Crippen LogP contribution in [0.3, 0.4) is 0 Å². The lowest BCUT2D eigenvalue weighted by molar-refractivity contribution is -0.126. The summed E-state index contributed by atoms with van der Waals surface area (Å²) in [5.41, 5.74) is 2.30. The zero-order chi connectivity index (χ0) is 19.4. The molecule has 7 heteroatoms. The van der Waals surface area contributed by atoms with Crippen LogP contribution in [0, 0.1) is 12.8 Å². The number of aryl methyl sites for hydroxylation is 1. The normalized spacial score (nSPS) is 17.6. The second-order valence-electron chi connectivity index (χ2n) is 6.99. The average molecular weight is 407 g/mol. The van der Waals surface area contributed by atoms with E-state index in [2.05, 4.69) is 36.5 Å². The van der Waals surface area contributed by atoms with E-state index in [9.17, 15) is 13.2 Å². The number of nitrogens with zero attached hydrogens (tertiary/aromatic N) is 1. The maximum atomic E-state index is 12.7. The number of amides is 1. The van der Waals surface area contributed by atoms with E-state index in [-0.39, 0.29) is 17.9 Å². The molecule has 5 nitrogen and oxygen atoms in total. The fourth-order valence-electron chi connectivity index (χ4n) is 3.41. The summed E-state index contributed by atoms with van der Waals surface area (Å²) in [5.74, 6) is -0.116. The Kier molecular flexibility index (Phi) is 6.34. The fraction of sp³-hybridized carbons (Fsp3) is 0.450. The topological polar surface area (TPSA) is 66.5 Å². The molecule has 1 amide bonds. The van der Waals surface area contributed by atoms with Crippen molar-refractivity contribution in [1.82, 2.24) is 9.62 Å². The second-order valence-corrected chi connectivity index (χ2v) is 10.1. The Morgan fingerprint density at radius 3 is 2.44 bits per heavy atom. The van der Waals surface area contributed by atoms with Crippen LogP contribution in [0.25, 0.3) is 0 Å². The minimum Gasteiger partial charge on any atom is -0.349 e. The van der Waals surface area contributed by atoms with Gasteiger partial charge in [0.2, 0.25) is 5.91 Å². The Hall–Kier alpha value is -1.70. The number of sulfonamides is 1. The Bertz CT molecular complexity index is 853. The third kappa shape index (κ3) is 4.59. The predicted octanol–water partition coefficient (Wildman–Crippen LogP) is 3.72. The van der Waals surface area contributed by atoms with Gasteiger partial charge in [0, 0.05) is 19.0 Å². The monoisotopic (exact) mass is 406 g/mol. The Balaban J connectivity index is 1.59. The number of carbonyl (C=O) groups excluding carboxylic acids is 1. The summed E-state index contributed by atoms with van der Waals surface area (Å²) in [4.78, 5) is 12.7. The van der Waals surface area contributed by atoms with Crippen LogP contribution in [0.1, 0.15) is 43.4 Å².